The number of nitrogens with zero attached hydrogens (tertiary/aromatic N) is 2. The van der Waals surface area contributed by atoms with E-state index < -0.39 is 19.7 Å². The molecule has 0 aliphatic heterocycles. The number of anilines is 1. The number of sulfone groups is 2. The Morgan fingerprint density at radius 1 is 0.852 bits per heavy atom. The fraction of sp³-hybridized carbons (Fsp3) is 0.167. The minimum atomic E-state index is -3.50. The minimum Gasteiger partial charge on any atom is -0.388 e. The van der Waals surface area contributed by atoms with Gasteiger partial charge in [0.05, 0.1) is 16.3 Å². The molecule has 0 spiro atoms. The summed E-state index contributed by atoms with van der Waals surface area (Å²) in [6, 6.07) is 15.1. The Morgan fingerprint density at radius 3 is 1.93 bits per heavy atom. The van der Waals surface area contributed by atoms with Crippen LogP contribution in [0.1, 0.15) is 0 Å². The third-order valence-corrected chi connectivity index (χ3v) is 6.13. The van der Waals surface area contributed by atoms with Crippen molar-refractivity contribution in [1.82, 2.24) is 9.78 Å². The van der Waals surface area contributed by atoms with Gasteiger partial charge >= 0.3 is 0 Å². The number of benzene rings is 2. The Hall–Kier alpha value is -2.65. The van der Waals surface area contributed by atoms with Crippen LogP contribution in [0.3, 0.4) is 0 Å². The van der Waals surface area contributed by atoms with E-state index in [1.807, 2.05) is 24.3 Å². The van der Waals surface area contributed by atoms with E-state index in [1.54, 1.807) is 19.2 Å². The van der Waals surface area contributed by atoms with Crippen molar-refractivity contribution < 1.29 is 16.8 Å². The van der Waals surface area contributed by atoms with Gasteiger partial charge in [0.15, 0.2) is 24.7 Å². The zero-order valence-corrected chi connectivity index (χ0v) is 16.7. The Bertz CT molecular complexity index is 1180. The molecule has 0 fully saturated rings. The summed E-state index contributed by atoms with van der Waals surface area (Å²) >= 11 is 0. The van der Waals surface area contributed by atoms with Crippen molar-refractivity contribution >= 4 is 25.4 Å². The molecule has 0 aliphatic rings. The highest BCUT2D eigenvalue weighted by atomic mass is 32.2. The van der Waals surface area contributed by atoms with Gasteiger partial charge in [-0.3, -0.25) is 0 Å². The maximum Gasteiger partial charge on any atom is 0.194 e. The summed E-state index contributed by atoms with van der Waals surface area (Å²) in [7, 11) is -5.01. The second-order valence-electron chi connectivity index (χ2n) is 6.15. The van der Waals surface area contributed by atoms with Crippen LogP contribution in [0.4, 0.5) is 5.69 Å². The summed E-state index contributed by atoms with van der Waals surface area (Å²) in [6.45, 7) is 0. The van der Waals surface area contributed by atoms with E-state index >= 15 is 0 Å². The summed E-state index contributed by atoms with van der Waals surface area (Å²) < 4.78 is 48.8. The maximum absolute atomic E-state index is 12.0. The average Bonchev–Trinajstić information content (AvgIpc) is 3.07. The first-order chi connectivity index (χ1) is 12.6. The van der Waals surface area contributed by atoms with E-state index in [0.29, 0.717) is 16.9 Å². The van der Waals surface area contributed by atoms with Crippen LogP contribution in [0, 0.1) is 0 Å². The topological polar surface area (TPSA) is 98.1 Å². The van der Waals surface area contributed by atoms with E-state index in [-0.39, 0.29) is 9.92 Å². The monoisotopic (exact) mass is 405 g/mol. The Morgan fingerprint density at radius 2 is 1.44 bits per heavy atom. The molecule has 142 valence electrons. The molecule has 0 aliphatic carbocycles. The largest absolute Gasteiger partial charge is 0.388 e. The van der Waals surface area contributed by atoms with Gasteiger partial charge < -0.3 is 5.32 Å². The van der Waals surface area contributed by atoms with Crippen LogP contribution in [0.25, 0.3) is 16.9 Å². The van der Waals surface area contributed by atoms with E-state index in [9.17, 15) is 16.8 Å². The Labute approximate surface area is 158 Å². The fourth-order valence-electron chi connectivity index (χ4n) is 2.59. The van der Waals surface area contributed by atoms with Crippen LogP contribution in [-0.2, 0) is 19.7 Å². The standard InChI is InChI=1S/C18H19N3O4S2/c1-19-14-6-8-15(9-7-14)21-17(12-18(20-21)27(3,24)25)13-4-10-16(11-5-13)26(2,22)23/h4-12,19H,1-3H3. The summed E-state index contributed by atoms with van der Waals surface area (Å²) in [4.78, 5) is 0.194. The van der Waals surface area contributed by atoms with Gasteiger partial charge in [-0.25, -0.2) is 21.5 Å². The van der Waals surface area contributed by atoms with Crippen molar-refractivity contribution in [2.45, 2.75) is 9.92 Å². The predicted molar refractivity (Wildman–Crippen MR) is 105 cm³/mol. The normalized spacial score (nSPS) is 12.1. The SMILES string of the molecule is CNc1ccc(-n2nc(S(C)(=O)=O)cc2-c2ccc(S(C)(=O)=O)cc2)cc1. The molecule has 0 amide bonds. The molecule has 3 aromatic rings. The molecule has 0 saturated carbocycles. The molecule has 7 nitrogen and oxygen atoms in total. The third-order valence-electron chi connectivity index (χ3n) is 4.05. The van der Waals surface area contributed by atoms with E-state index in [1.165, 1.54) is 22.9 Å². The van der Waals surface area contributed by atoms with Crippen LogP contribution in [-0.4, -0.2) is 46.2 Å². The maximum atomic E-state index is 12.0. The molecule has 0 unspecified atom stereocenters. The lowest BCUT2D eigenvalue weighted by molar-refractivity contribution is 0.595. The summed E-state index contributed by atoms with van der Waals surface area (Å²) in [5.74, 6) is 0. The number of aromatic nitrogens is 2. The summed E-state index contributed by atoms with van der Waals surface area (Å²) in [6.07, 6.45) is 2.23. The second-order valence-corrected chi connectivity index (χ2v) is 10.1. The molecule has 1 heterocycles. The van der Waals surface area contributed by atoms with Crippen molar-refractivity contribution in [2.24, 2.45) is 0 Å². The van der Waals surface area contributed by atoms with Gasteiger partial charge in [0.2, 0.25) is 0 Å². The molecule has 2 aromatic carbocycles. The van der Waals surface area contributed by atoms with Crippen LogP contribution < -0.4 is 5.32 Å². The lowest BCUT2D eigenvalue weighted by Crippen LogP contribution is -2.03. The molecule has 1 N–H and O–H groups in total. The van der Waals surface area contributed by atoms with Crippen molar-refractivity contribution in [2.75, 3.05) is 24.9 Å². The van der Waals surface area contributed by atoms with Gasteiger partial charge in [-0.2, -0.15) is 5.10 Å². The average molecular weight is 406 g/mol. The molecule has 0 saturated heterocycles. The highest BCUT2D eigenvalue weighted by Gasteiger charge is 2.18. The first-order valence-corrected chi connectivity index (χ1v) is 11.8. The molecule has 0 radical (unpaired) electrons. The van der Waals surface area contributed by atoms with Crippen molar-refractivity contribution in [3.05, 3.63) is 54.6 Å². The summed E-state index contributed by atoms with van der Waals surface area (Å²) in [5.41, 5.74) is 2.80. The predicted octanol–water partition coefficient (Wildman–Crippen LogP) is 2.39. The van der Waals surface area contributed by atoms with Gasteiger partial charge in [-0.05, 0) is 36.4 Å². The molecule has 9 heteroatoms. The summed E-state index contributed by atoms with van der Waals surface area (Å²) in [5, 5.41) is 7.21. The molecule has 0 bridgehead atoms. The second kappa shape index (κ2) is 6.82. The van der Waals surface area contributed by atoms with E-state index in [2.05, 4.69) is 10.4 Å². The first kappa shape index (κ1) is 19.1. The van der Waals surface area contributed by atoms with Crippen LogP contribution in [0.5, 0.6) is 0 Å². The number of rotatable bonds is 5. The van der Waals surface area contributed by atoms with Gasteiger partial charge in [-0.15, -0.1) is 0 Å². The van der Waals surface area contributed by atoms with Crippen molar-refractivity contribution in [1.29, 1.82) is 0 Å². The van der Waals surface area contributed by atoms with Gasteiger partial charge in [0.25, 0.3) is 0 Å². The third kappa shape index (κ3) is 4.04. The minimum absolute atomic E-state index is 0.0533. The lowest BCUT2D eigenvalue weighted by Gasteiger charge is -2.09. The van der Waals surface area contributed by atoms with E-state index in [0.717, 1.165) is 18.2 Å². The molecular weight excluding hydrogens is 386 g/mol. The van der Waals surface area contributed by atoms with Crippen LogP contribution in [0.15, 0.2) is 64.5 Å². The molecule has 27 heavy (non-hydrogen) atoms. The molecule has 3 rings (SSSR count). The van der Waals surface area contributed by atoms with Gasteiger partial charge in [-0.1, -0.05) is 12.1 Å². The van der Waals surface area contributed by atoms with Gasteiger partial charge in [0.1, 0.15) is 0 Å². The Balaban J connectivity index is 2.17. The fourth-order valence-corrected chi connectivity index (χ4v) is 3.77. The number of nitrogens with one attached hydrogen (secondary N) is 1. The van der Waals surface area contributed by atoms with Gasteiger partial charge in [0, 0.05) is 36.9 Å². The van der Waals surface area contributed by atoms with Crippen LogP contribution in [0.2, 0.25) is 0 Å². The zero-order chi connectivity index (χ0) is 19.8. The smallest absolute Gasteiger partial charge is 0.194 e. The van der Waals surface area contributed by atoms with E-state index in [4.69, 9.17) is 0 Å². The van der Waals surface area contributed by atoms with Crippen LogP contribution >= 0.6 is 0 Å². The molecular formula is C18H19N3O4S2. The highest BCUT2D eigenvalue weighted by molar-refractivity contribution is 7.91. The Kier molecular flexibility index (Phi) is 4.83. The van der Waals surface area contributed by atoms with Crippen molar-refractivity contribution in [3.8, 4) is 16.9 Å². The number of hydrogen-bond acceptors (Lipinski definition) is 6. The molecule has 0 atom stereocenters. The highest BCUT2D eigenvalue weighted by Crippen LogP contribution is 2.27. The quantitative estimate of drug-likeness (QED) is 0.700. The molecule has 1 aromatic heterocycles. The zero-order valence-electron chi connectivity index (χ0n) is 15.0. The van der Waals surface area contributed by atoms with Crippen molar-refractivity contribution in [3.63, 3.8) is 0 Å². The lowest BCUT2D eigenvalue weighted by atomic mass is 10.1. The first-order valence-electron chi connectivity index (χ1n) is 7.98. The number of hydrogen-bond donors (Lipinski definition) is 1.